The van der Waals surface area contributed by atoms with Crippen LogP contribution in [-0.2, 0) is 17.2 Å². The van der Waals surface area contributed by atoms with Gasteiger partial charge in [-0.1, -0.05) is 6.92 Å². The first kappa shape index (κ1) is 15.2. The summed E-state index contributed by atoms with van der Waals surface area (Å²) in [6.07, 6.45) is 2.71. The fourth-order valence-electron chi connectivity index (χ4n) is 1.83. The zero-order valence-corrected chi connectivity index (χ0v) is 13.7. The number of thiophene rings is 1. The van der Waals surface area contributed by atoms with Crippen LogP contribution >= 0.6 is 11.3 Å². The van der Waals surface area contributed by atoms with Crippen LogP contribution in [-0.4, -0.2) is 39.3 Å². The van der Waals surface area contributed by atoms with E-state index in [2.05, 4.69) is 33.6 Å². The van der Waals surface area contributed by atoms with Gasteiger partial charge in [0.15, 0.2) is 0 Å². The maximum atomic E-state index is 11.1. The zero-order chi connectivity index (χ0) is 14.5. The molecule has 2 N–H and O–H groups in total. The summed E-state index contributed by atoms with van der Waals surface area (Å²) in [7, 11) is -0.797. The van der Waals surface area contributed by atoms with E-state index in [1.54, 1.807) is 17.6 Å². The number of hydrogen-bond donors (Lipinski definition) is 2. The number of aromatic nitrogens is 2. The van der Waals surface area contributed by atoms with Gasteiger partial charge in [0.1, 0.15) is 10.6 Å². The van der Waals surface area contributed by atoms with Gasteiger partial charge in [0, 0.05) is 40.8 Å². The minimum Gasteiger partial charge on any atom is -0.368 e. The number of nitrogens with zero attached hydrogens (tertiary/aromatic N) is 2. The molecule has 0 aromatic carbocycles. The van der Waals surface area contributed by atoms with E-state index in [9.17, 15) is 4.21 Å². The van der Waals surface area contributed by atoms with Crippen LogP contribution < -0.4 is 10.6 Å². The summed E-state index contributed by atoms with van der Waals surface area (Å²) in [5.74, 6) is 2.09. The fourth-order valence-corrected chi connectivity index (χ4v) is 3.19. The molecule has 2 aromatic heterocycles. The van der Waals surface area contributed by atoms with E-state index in [1.165, 1.54) is 4.88 Å². The third-order valence-corrected chi connectivity index (χ3v) is 4.76. The summed E-state index contributed by atoms with van der Waals surface area (Å²) in [6.45, 7) is 5.59. The Morgan fingerprint density at radius 1 is 1.30 bits per heavy atom. The Morgan fingerprint density at radius 2 is 2.10 bits per heavy atom. The van der Waals surface area contributed by atoms with Crippen molar-refractivity contribution in [3.63, 3.8) is 0 Å². The number of fused-ring (bicyclic) bond motifs is 1. The van der Waals surface area contributed by atoms with Gasteiger partial charge < -0.3 is 10.6 Å². The molecule has 0 amide bonds. The molecule has 0 saturated heterocycles. The summed E-state index contributed by atoms with van der Waals surface area (Å²) in [5, 5.41) is 7.48. The lowest BCUT2D eigenvalue weighted by Crippen LogP contribution is -2.12. The Morgan fingerprint density at radius 3 is 2.75 bits per heavy atom. The number of nitrogens with one attached hydrogen (secondary N) is 2. The molecule has 7 heteroatoms. The van der Waals surface area contributed by atoms with E-state index in [1.807, 2.05) is 6.92 Å². The smallest absolute Gasteiger partial charge is 0.226 e. The lowest BCUT2D eigenvalue weighted by molar-refractivity contribution is 0.687. The molecule has 0 radical (unpaired) electrons. The molecule has 2 aromatic rings. The molecule has 0 bridgehead atoms. The van der Waals surface area contributed by atoms with Crippen molar-refractivity contribution in [2.45, 2.75) is 20.3 Å². The molecule has 0 aliphatic heterocycles. The van der Waals surface area contributed by atoms with Crippen molar-refractivity contribution < 1.29 is 4.21 Å². The van der Waals surface area contributed by atoms with Crippen LogP contribution in [0.1, 0.15) is 18.7 Å². The Bertz CT molecular complexity index is 612. The predicted octanol–water partition coefficient (Wildman–Crippen LogP) is 2.48. The molecule has 2 rings (SSSR count). The van der Waals surface area contributed by atoms with Crippen molar-refractivity contribution in [1.29, 1.82) is 0 Å². The van der Waals surface area contributed by atoms with Gasteiger partial charge in [-0.15, -0.1) is 11.3 Å². The zero-order valence-electron chi connectivity index (χ0n) is 12.0. The number of anilines is 2. The molecule has 1 unspecified atom stereocenters. The van der Waals surface area contributed by atoms with E-state index < -0.39 is 10.8 Å². The predicted molar refractivity (Wildman–Crippen MR) is 88.4 cm³/mol. The van der Waals surface area contributed by atoms with Gasteiger partial charge in [0.25, 0.3) is 0 Å². The van der Waals surface area contributed by atoms with Crippen molar-refractivity contribution in [2.24, 2.45) is 0 Å². The van der Waals surface area contributed by atoms with E-state index in [4.69, 9.17) is 0 Å². The second kappa shape index (κ2) is 6.99. The monoisotopic (exact) mass is 312 g/mol. The van der Waals surface area contributed by atoms with Crippen LogP contribution in [0.25, 0.3) is 10.2 Å². The quantitative estimate of drug-likeness (QED) is 0.822. The van der Waals surface area contributed by atoms with Crippen LogP contribution in [0.4, 0.5) is 11.8 Å². The lowest BCUT2D eigenvalue weighted by Gasteiger charge is -2.08. The van der Waals surface area contributed by atoms with Crippen molar-refractivity contribution >= 4 is 44.1 Å². The Kier molecular flexibility index (Phi) is 5.31. The highest BCUT2D eigenvalue weighted by molar-refractivity contribution is 7.84. The molecule has 20 heavy (non-hydrogen) atoms. The van der Waals surface area contributed by atoms with E-state index in [-0.39, 0.29) is 0 Å². The van der Waals surface area contributed by atoms with E-state index in [0.29, 0.717) is 18.2 Å². The Balaban J connectivity index is 2.32. The normalized spacial score (nSPS) is 12.6. The van der Waals surface area contributed by atoms with Gasteiger partial charge in [-0.2, -0.15) is 4.98 Å². The van der Waals surface area contributed by atoms with Gasteiger partial charge in [0.2, 0.25) is 5.95 Å². The van der Waals surface area contributed by atoms with Gasteiger partial charge in [0.05, 0.1) is 5.39 Å². The van der Waals surface area contributed by atoms with Crippen LogP contribution in [0.2, 0.25) is 0 Å². The minimum absolute atomic E-state index is 0.618. The lowest BCUT2D eigenvalue weighted by atomic mass is 10.3. The van der Waals surface area contributed by atoms with Gasteiger partial charge in [-0.3, -0.25) is 4.21 Å². The van der Waals surface area contributed by atoms with Crippen molar-refractivity contribution in [2.75, 3.05) is 35.7 Å². The third-order valence-electron chi connectivity index (χ3n) is 2.81. The molecule has 110 valence electrons. The second-order valence-corrected chi connectivity index (χ2v) is 7.09. The first-order valence-electron chi connectivity index (χ1n) is 6.72. The first-order chi connectivity index (χ1) is 9.63. The SMILES string of the molecule is CCNc1nc(NCCS(C)=O)c2cc(CC)sc2n1. The van der Waals surface area contributed by atoms with Crippen LogP contribution in [0, 0.1) is 0 Å². The van der Waals surface area contributed by atoms with E-state index in [0.717, 1.165) is 29.0 Å². The summed E-state index contributed by atoms with van der Waals surface area (Å²) in [6, 6.07) is 2.14. The molecular weight excluding hydrogens is 292 g/mol. The number of hydrogen-bond acceptors (Lipinski definition) is 6. The van der Waals surface area contributed by atoms with Gasteiger partial charge in [-0.25, -0.2) is 4.98 Å². The molecule has 1 atom stereocenters. The second-order valence-electron chi connectivity index (χ2n) is 4.42. The molecule has 0 aliphatic carbocycles. The first-order valence-corrected chi connectivity index (χ1v) is 9.26. The maximum absolute atomic E-state index is 11.1. The topological polar surface area (TPSA) is 66.9 Å². The van der Waals surface area contributed by atoms with Gasteiger partial charge >= 0.3 is 0 Å². The Labute approximate surface area is 125 Å². The van der Waals surface area contributed by atoms with Crippen molar-refractivity contribution in [1.82, 2.24) is 9.97 Å². The average Bonchev–Trinajstić information content (AvgIpc) is 2.82. The Hall–Kier alpha value is -1.21. The van der Waals surface area contributed by atoms with Crippen LogP contribution in [0.3, 0.4) is 0 Å². The highest BCUT2D eigenvalue weighted by atomic mass is 32.2. The summed E-state index contributed by atoms with van der Waals surface area (Å²) < 4.78 is 11.1. The minimum atomic E-state index is -0.797. The standard InChI is InChI=1S/C13H20N4OS2/c1-4-9-8-10-11(15-6-7-20(3)18)16-13(14-5-2)17-12(10)19-9/h8H,4-7H2,1-3H3,(H2,14,15,16,17). The highest BCUT2D eigenvalue weighted by Gasteiger charge is 2.11. The molecule has 2 heterocycles. The molecular formula is C13H20N4OS2. The third kappa shape index (κ3) is 3.67. The summed E-state index contributed by atoms with van der Waals surface area (Å²) in [5.41, 5.74) is 0. The number of aryl methyl sites for hydroxylation is 1. The maximum Gasteiger partial charge on any atom is 0.226 e. The van der Waals surface area contributed by atoms with Crippen LogP contribution in [0.15, 0.2) is 6.07 Å². The fraction of sp³-hybridized carbons (Fsp3) is 0.538. The number of rotatable bonds is 7. The summed E-state index contributed by atoms with van der Waals surface area (Å²) in [4.78, 5) is 11.3. The molecule has 0 saturated carbocycles. The molecule has 0 fully saturated rings. The van der Waals surface area contributed by atoms with E-state index >= 15 is 0 Å². The largest absolute Gasteiger partial charge is 0.368 e. The van der Waals surface area contributed by atoms with Crippen LogP contribution in [0.5, 0.6) is 0 Å². The van der Waals surface area contributed by atoms with Crippen molar-refractivity contribution in [3.05, 3.63) is 10.9 Å². The molecule has 0 spiro atoms. The molecule has 5 nitrogen and oxygen atoms in total. The average molecular weight is 312 g/mol. The highest BCUT2D eigenvalue weighted by Crippen LogP contribution is 2.30. The van der Waals surface area contributed by atoms with Gasteiger partial charge in [-0.05, 0) is 19.4 Å². The molecule has 0 aliphatic rings. The summed E-state index contributed by atoms with van der Waals surface area (Å²) >= 11 is 1.70. The van der Waals surface area contributed by atoms with Crippen molar-refractivity contribution in [3.8, 4) is 0 Å².